The van der Waals surface area contributed by atoms with Gasteiger partial charge < -0.3 is 15.0 Å². The molecule has 1 aromatic carbocycles. The van der Waals surface area contributed by atoms with E-state index in [4.69, 9.17) is 4.74 Å². The van der Waals surface area contributed by atoms with Crippen LogP contribution in [0.15, 0.2) is 35.3 Å². The van der Waals surface area contributed by atoms with Crippen molar-refractivity contribution in [3.05, 3.63) is 52.2 Å². The van der Waals surface area contributed by atoms with Crippen molar-refractivity contribution in [3.63, 3.8) is 0 Å². The smallest absolute Gasteiger partial charge is 0.419 e. The highest BCUT2D eigenvalue weighted by Gasteiger charge is 2.34. The van der Waals surface area contributed by atoms with Gasteiger partial charge in [0, 0.05) is 18.2 Å². The minimum atomic E-state index is -4.96. The van der Waals surface area contributed by atoms with Crippen LogP contribution in [0, 0.1) is 5.82 Å². The van der Waals surface area contributed by atoms with Crippen LogP contribution in [0.4, 0.5) is 17.6 Å². The summed E-state index contributed by atoms with van der Waals surface area (Å²) in [6.07, 6.45) is 0.868. The van der Waals surface area contributed by atoms with Crippen molar-refractivity contribution in [3.8, 4) is 17.1 Å². The molecule has 0 unspecified atom stereocenters. The fourth-order valence-electron chi connectivity index (χ4n) is 4.59. The van der Waals surface area contributed by atoms with Gasteiger partial charge in [-0.2, -0.15) is 13.2 Å². The summed E-state index contributed by atoms with van der Waals surface area (Å²) in [5.74, 6) is -1.89. The number of benzene rings is 1. The summed E-state index contributed by atoms with van der Waals surface area (Å²) >= 11 is 0. The van der Waals surface area contributed by atoms with E-state index >= 15 is 0 Å². The van der Waals surface area contributed by atoms with E-state index in [1.807, 2.05) is 0 Å². The molecule has 4 rings (SSSR count). The molecule has 210 valence electrons. The Morgan fingerprint density at radius 2 is 1.90 bits per heavy atom. The first-order valence-corrected chi connectivity index (χ1v) is 12.9. The minimum Gasteiger partial charge on any atom is -0.492 e. The first-order valence-electron chi connectivity index (χ1n) is 12.9. The SMILES string of the molecule is CC(C)NC(=O)Cn1c(-c2ccc(F)c(C(F)(F)F)c2)nc2ncc(OCCCN3CCCCC3)cc2c1=O. The summed E-state index contributed by atoms with van der Waals surface area (Å²) in [6, 6.07) is 3.53. The fourth-order valence-corrected chi connectivity index (χ4v) is 4.59. The first kappa shape index (κ1) is 28.5. The van der Waals surface area contributed by atoms with Crippen molar-refractivity contribution < 1.29 is 27.1 Å². The van der Waals surface area contributed by atoms with Crippen LogP contribution in [-0.2, 0) is 17.5 Å². The molecule has 0 radical (unpaired) electrons. The van der Waals surface area contributed by atoms with Crippen molar-refractivity contribution in [2.75, 3.05) is 26.2 Å². The Balaban J connectivity index is 1.67. The van der Waals surface area contributed by atoms with Gasteiger partial charge in [0.1, 0.15) is 23.9 Å². The van der Waals surface area contributed by atoms with Gasteiger partial charge in [0.05, 0.1) is 23.8 Å². The number of carbonyl (C=O) groups excluding carboxylic acids is 1. The molecule has 1 N–H and O–H groups in total. The number of pyridine rings is 1. The van der Waals surface area contributed by atoms with Gasteiger partial charge in [-0.25, -0.2) is 14.4 Å². The lowest BCUT2D eigenvalue weighted by Crippen LogP contribution is -2.37. The molecule has 8 nitrogen and oxygen atoms in total. The van der Waals surface area contributed by atoms with Gasteiger partial charge in [0.25, 0.3) is 5.56 Å². The van der Waals surface area contributed by atoms with E-state index in [1.165, 1.54) is 31.5 Å². The summed E-state index contributed by atoms with van der Waals surface area (Å²) < 4.78 is 60.9. The van der Waals surface area contributed by atoms with Crippen molar-refractivity contribution in [1.82, 2.24) is 24.8 Å². The quantitative estimate of drug-likeness (QED) is 0.315. The number of likely N-dealkylation sites (tertiary alicyclic amines) is 1. The second kappa shape index (κ2) is 12.1. The molecule has 0 bridgehead atoms. The molecule has 12 heteroatoms. The molecule has 3 aromatic rings. The van der Waals surface area contributed by atoms with E-state index in [1.54, 1.807) is 13.8 Å². The normalized spacial score (nSPS) is 14.6. The number of piperidine rings is 1. The summed E-state index contributed by atoms with van der Waals surface area (Å²) in [5, 5.41) is 2.70. The molecule has 2 aromatic heterocycles. The zero-order chi connectivity index (χ0) is 28.2. The lowest BCUT2D eigenvalue weighted by Gasteiger charge is -2.26. The van der Waals surface area contributed by atoms with Gasteiger partial charge in [-0.05, 0) is 70.5 Å². The Kier molecular flexibility index (Phi) is 8.83. The van der Waals surface area contributed by atoms with Crippen LogP contribution in [0.5, 0.6) is 5.75 Å². The molecular weight excluding hydrogens is 518 g/mol. The van der Waals surface area contributed by atoms with Gasteiger partial charge in [-0.15, -0.1) is 0 Å². The highest BCUT2D eigenvalue weighted by molar-refractivity contribution is 5.80. The Bertz CT molecular complexity index is 1380. The van der Waals surface area contributed by atoms with Crippen LogP contribution in [0.25, 0.3) is 22.4 Å². The fraction of sp³-hybridized carbons (Fsp3) is 0.481. The lowest BCUT2D eigenvalue weighted by atomic mass is 10.1. The Morgan fingerprint density at radius 3 is 2.59 bits per heavy atom. The van der Waals surface area contributed by atoms with Crippen LogP contribution < -0.4 is 15.6 Å². The van der Waals surface area contributed by atoms with Gasteiger partial charge in [-0.1, -0.05) is 6.42 Å². The Morgan fingerprint density at radius 1 is 1.15 bits per heavy atom. The molecular formula is C27H31F4N5O3. The number of rotatable bonds is 9. The molecule has 1 amide bonds. The molecule has 0 saturated carbocycles. The van der Waals surface area contributed by atoms with E-state index in [2.05, 4.69) is 20.2 Å². The van der Waals surface area contributed by atoms with Crippen LogP contribution in [-0.4, -0.2) is 57.6 Å². The number of fused-ring (bicyclic) bond motifs is 1. The summed E-state index contributed by atoms with van der Waals surface area (Å²) in [5.41, 5.74) is -2.40. The number of amides is 1. The molecule has 1 aliphatic rings. The number of halogens is 4. The highest BCUT2D eigenvalue weighted by atomic mass is 19.4. The van der Waals surface area contributed by atoms with Crippen molar-refractivity contribution in [2.24, 2.45) is 0 Å². The van der Waals surface area contributed by atoms with Crippen molar-refractivity contribution in [1.29, 1.82) is 0 Å². The number of hydrogen-bond donors (Lipinski definition) is 1. The molecule has 1 fully saturated rings. The molecule has 0 atom stereocenters. The monoisotopic (exact) mass is 549 g/mol. The first-order chi connectivity index (χ1) is 18.5. The second-order valence-corrected chi connectivity index (χ2v) is 9.89. The number of alkyl halides is 3. The summed E-state index contributed by atoms with van der Waals surface area (Å²) in [6.45, 7) is 6.43. The highest BCUT2D eigenvalue weighted by Crippen LogP contribution is 2.34. The predicted octanol–water partition coefficient (Wildman–Crippen LogP) is 4.40. The van der Waals surface area contributed by atoms with Crippen LogP contribution in [0.2, 0.25) is 0 Å². The largest absolute Gasteiger partial charge is 0.492 e. The average molecular weight is 550 g/mol. The zero-order valence-corrected chi connectivity index (χ0v) is 21.9. The summed E-state index contributed by atoms with van der Waals surface area (Å²) in [4.78, 5) is 37.0. The van der Waals surface area contributed by atoms with Gasteiger partial charge >= 0.3 is 6.18 Å². The molecule has 3 heterocycles. The standard InChI is InChI=1S/C27H31F4N5O3/c1-17(2)33-23(37)16-36-25(18-7-8-22(28)21(13-18)27(29,30)31)34-24-20(26(36)38)14-19(15-32-24)39-12-6-11-35-9-4-3-5-10-35/h7-8,13-15,17H,3-6,9-12,16H2,1-2H3,(H,33,37). The number of ether oxygens (including phenoxy) is 1. The number of nitrogens with one attached hydrogen (secondary N) is 1. The maximum atomic E-state index is 13.9. The molecule has 0 aliphatic carbocycles. The lowest BCUT2D eigenvalue weighted by molar-refractivity contribution is -0.140. The second-order valence-electron chi connectivity index (χ2n) is 9.89. The number of carbonyl (C=O) groups is 1. The third-order valence-electron chi connectivity index (χ3n) is 6.40. The average Bonchev–Trinajstić information content (AvgIpc) is 2.88. The number of nitrogens with zero attached hydrogens (tertiary/aromatic N) is 4. The molecule has 1 saturated heterocycles. The van der Waals surface area contributed by atoms with Crippen molar-refractivity contribution in [2.45, 2.75) is 58.3 Å². The third-order valence-corrected chi connectivity index (χ3v) is 6.40. The third kappa shape index (κ3) is 7.11. The minimum absolute atomic E-state index is 0.0333. The zero-order valence-electron chi connectivity index (χ0n) is 21.9. The molecule has 0 spiro atoms. The maximum absolute atomic E-state index is 13.9. The molecule has 39 heavy (non-hydrogen) atoms. The van der Waals surface area contributed by atoms with E-state index in [-0.39, 0.29) is 28.5 Å². The molecule has 1 aliphatic heterocycles. The Labute approximate surface area is 223 Å². The predicted molar refractivity (Wildman–Crippen MR) is 138 cm³/mol. The van der Waals surface area contributed by atoms with Gasteiger partial charge in [0.2, 0.25) is 5.91 Å². The Hall–Kier alpha value is -3.54. The van der Waals surface area contributed by atoms with Gasteiger partial charge in [0.15, 0.2) is 5.65 Å². The van der Waals surface area contributed by atoms with Gasteiger partial charge in [-0.3, -0.25) is 14.2 Å². The van der Waals surface area contributed by atoms with Crippen LogP contribution in [0.1, 0.15) is 45.1 Å². The van der Waals surface area contributed by atoms with Crippen molar-refractivity contribution >= 4 is 16.9 Å². The van der Waals surface area contributed by atoms with E-state index in [9.17, 15) is 27.2 Å². The van der Waals surface area contributed by atoms with E-state index in [0.29, 0.717) is 24.5 Å². The van der Waals surface area contributed by atoms with E-state index in [0.717, 1.165) is 36.7 Å². The number of aromatic nitrogens is 3. The summed E-state index contributed by atoms with van der Waals surface area (Å²) in [7, 11) is 0. The number of hydrogen-bond acceptors (Lipinski definition) is 6. The maximum Gasteiger partial charge on any atom is 0.419 e. The van der Waals surface area contributed by atoms with E-state index < -0.39 is 35.6 Å². The van der Waals surface area contributed by atoms with Crippen LogP contribution in [0.3, 0.4) is 0 Å². The van der Waals surface area contributed by atoms with Crippen LogP contribution >= 0.6 is 0 Å². The topological polar surface area (TPSA) is 89.3 Å².